The number of fused-ring (bicyclic) bond motifs is 1. The van der Waals surface area contributed by atoms with Crippen LogP contribution >= 0.6 is 11.3 Å². The van der Waals surface area contributed by atoms with E-state index in [0.29, 0.717) is 12.5 Å². The van der Waals surface area contributed by atoms with Gasteiger partial charge in [-0.05, 0) is 55.9 Å². The van der Waals surface area contributed by atoms with Gasteiger partial charge in [0.1, 0.15) is 12.4 Å². The molecule has 26 heavy (non-hydrogen) atoms. The molecule has 1 amide bonds. The van der Waals surface area contributed by atoms with E-state index in [1.165, 1.54) is 32.1 Å². The minimum atomic E-state index is 0.163. The van der Waals surface area contributed by atoms with Crippen molar-refractivity contribution >= 4 is 17.2 Å². The molecule has 1 aliphatic carbocycles. The Labute approximate surface area is 159 Å². The number of aromatic nitrogens is 1. The molecule has 0 radical (unpaired) electrons. The Bertz CT molecular complexity index is 756. The number of carbonyl (C=O) groups excluding carboxylic acids is 1. The van der Waals surface area contributed by atoms with E-state index in [1.807, 2.05) is 36.6 Å². The molecule has 0 bridgehead atoms. The number of nitrogens with zero attached hydrogens (tertiary/aromatic N) is 2. The second kappa shape index (κ2) is 7.78. The summed E-state index contributed by atoms with van der Waals surface area (Å²) in [7, 11) is 0. The lowest BCUT2D eigenvalue weighted by Crippen LogP contribution is -2.44. The smallest absolute Gasteiger partial charge is 0.253 e. The summed E-state index contributed by atoms with van der Waals surface area (Å²) in [5.74, 6) is 2.50. The molecule has 0 spiro atoms. The number of benzene rings is 1. The molecular weight excluding hydrogens is 344 g/mol. The lowest BCUT2D eigenvalue weighted by molar-refractivity contribution is 0.0521. The first-order valence-corrected chi connectivity index (χ1v) is 10.5. The Hall–Kier alpha value is -1.88. The second-order valence-electron chi connectivity index (χ2n) is 7.52. The molecule has 1 aliphatic heterocycles. The standard InChI is InChI=1S/C21H26N2O2S/c1-15-22-19(14-26-15)13-25-20-8-6-17(7-9-20)21(24)23-11-10-16-4-2-3-5-18(16)12-23/h6-9,14,16,18H,2-5,10-13H2,1H3/t16-,18+/m1/s1. The summed E-state index contributed by atoms with van der Waals surface area (Å²) in [5.41, 5.74) is 1.71. The molecule has 5 heteroatoms. The zero-order valence-corrected chi connectivity index (χ0v) is 16.1. The van der Waals surface area contributed by atoms with Gasteiger partial charge in [0.2, 0.25) is 0 Å². The van der Waals surface area contributed by atoms with E-state index in [0.717, 1.165) is 41.0 Å². The van der Waals surface area contributed by atoms with Crippen LogP contribution in [0.3, 0.4) is 0 Å². The van der Waals surface area contributed by atoms with Gasteiger partial charge in [-0.2, -0.15) is 0 Å². The van der Waals surface area contributed by atoms with Crippen molar-refractivity contribution in [3.05, 3.63) is 45.9 Å². The van der Waals surface area contributed by atoms with E-state index in [4.69, 9.17) is 4.74 Å². The van der Waals surface area contributed by atoms with Crippen molar-refractivity contribution in [1.29, 1.82) is 0 Å². The highest BCUT2D eigenvalue weighted by Crippen LogP contribution is 2.36. The van der Waals surface area contributed by atoms with E-state index >= 15 is 0 Å². The van der Waals surface area contributed by atoms with E-state index in [1.54, 1.807) is 11.3 Å². The Morgan fingerprint density at radius 2 is 1.96 bits per heavy atom. The SMILES string of the molecule is Cc1nc(COc2ccc(C(=O)N3CC[C@H]4CCCC[C@H]4C3)cc2)cs1. The predicted octanol–water partition coefficient (Wildman–Crippen LogP) is 4.68. The molecular formula is C21H26N2O2S. The zero-order chi connectivity index (χ0) is 17.9. The summed E-state index contributed by atoms with van der Waals surface area (Å²) in [4.78, 5) is 19.3. The molecule has 2 heterocycles. The zero-order valence-electron chi connectivity index (χ0n) is 15.3. The molecule has 138 valence electrons. The van der Waals surface area contributed by atoms with Gasteiger partial charge in [-0.25, -0.2) is 4.98 Å². The highest BCUT2D eigenvalue weighted by Gasteiger charge is 2.33. The van der Waals surface area contributed by atoms with Crippen molar-refractivity contribution in [2.75, 3.05) is 13.1 Å². The molecule has 0 N–H and O–H groups in total. The second-order valence-corrected chi connectivity index (χ2v) is 8.58. The van der Waals surface area contributed by atoms with Crippen LogP contribution in [-0.2, 0) is 6.61 Å². The van der Waals surface area contributed by atoms with E-state index in [9.17, 15) is 4.79 Å². The van der Waals surface area contributed by atoms with Crippen LogP contribution in [0, 0.1) is 18.8 Å². The molecule has 4 nitrogen and oxygen atoms in total. The third kappa shape index (κ3) is 3.93. The van der Waals surface area contributed by atoms with E-state index < -0.39 is 0 Å². The van der Waals surface area contributed by atoms with Crippen LogP contribution in [0.4, 0.5) is 0 Å². The molecule has 2 aromatic rings. The third-order valence-electron chi connectivity index (χ3n) is 5.73. The molecule has 0 unspecified atom stereocenters. The van der Waals surface area contributed by atoms with Gasteiger partial charge in [0, 0.05) is 24.0 Å². The maximum Gasteiger partial charge on any atom is 0.253 e. The van der Waals surface area contributed by atoms with Crippen molar-refractivity contribution < 1.29 is 9.53 Å². The van der Waals surface area contributed by atoms with Crippen LogP contribution in [-0.4, -0.2) is 28.9 Å². The molecule has 1 saturated heterocycles. The maximum atomic E-state index is 12.8. The number of rotatable bonds is 4. The number of carbonyl (C=O) groups is 1. The van der Waals surface area contributed by atoms with Crippen molar-refractivity contribution in [1.82, 2.24) is 9.88 Å². The van der Waals surface area contributed by atoms with Gasteiger partial charge in [-0.1, -0.05) is 19.3 Å². The lowest BCUT2D eigenvalue weighted by Gasteiger charge is -2.41. The topological polar surface area (TPSA) is 42.4 Å². The fourth-order valence-corrected chi connectivity index (χ4v) is 4.89. The summed E-state index contributed by atoms with van der Waals surface area (Å²) in [5, 5.41) is 3.06. The first kappa shape index (κ1) is 17.5. The van der Waals surface area contributed by atoms with Crippen LogP contribution in [0.25, 0.3) is 0 Å². The Morgan fingerprint density at radius 3 is 2.69 bits per heavy atom. The summed E-state index contributed by atoms with van der Waals surface area (Å²) >= 11 is 1.63. The first-order chi connectivity index (χ1) is 12.7. The van der Waals surface area contributed by atoms with Crippen LogP contribution in [0.2, 0.25) is 0 Å². The minimum Gasteiger partial charge on any atom is -0.487 e. The number of aryl methyl sites for hydroxylation is 1. The minimum absolute atomic E-state index is 0.163. The summed E-state index contributed by atoms with van der Waals surface area (Å²) in [6, 6.07) is 7.55. The molecule has 1 aromatic carbocycles. The average molecular weight is 371 g/mol. The summed E-state index contributed by atoms with van der Waals surface area (Å²) in [6.07, 6.45) is 6.52. The largest absolute Gasteiger partial charge is 0.487 e. The van der Waals surface area contributed by atoms with Crippen molar-refractivity contribution in [3.63, 3.8) is 0 Å². The van der Waals surface area contributed by atoms with Crippen LogP contribution < -0.4 is 4.74 Å². The van der Waals surface area contributed by atoms with E-state index in [2.05, 4.69) is 9.88 Å². The Kier molecular flexibility index (Phi) is 5.25. The molecule has 2 atom stereocenters. The quantitative estimate of drug-likeness (QED) is 0.784. The highest BCUT2D eigenvalue weighted by molar-refractivity contribution is 7.09. The van der Waals surface area contributed by atoms with Crippen LogP contribution in [0.15, 0.2) is 29.6 Å². The molecule has 1 aromatic heterocycles. The number of likely N-dealkylation sites (tertiary alicyclic amines) is 1. The average Bonchev–Trinajstić information content (AvgIpc) is 3.11. The van der Waals surface area contributed by atoms with Crippen molar-refractivity contribution in [3.8, 4) is 5.75 Å². The Balaban J connectivity index is 1.34. The Morgan fingerprint density at radius 1 is 1.19 bits per heavy atom. The van der Waals surface area contributed by atoms with Gasteiger partial charge in [0.25, 0.3) is 5.91 Å². The molecule has 1 saturated carbocycles. The number of hydrogen-bond acceptors (Lipinski definition) is 4. The molecule has 2 fully saturated rings. The van der Waals surface area contributed by atoms with Gasteiger partial charge < -0.3 is 9.64 Å². The number of piperidine rings is 1. The molecule has 2 aliphatic rings. The maximum absolute atomic E-state index is 12.8. The molecule has 4 rings (SSSR count). The number of ether oxygens (including phenoxy) is 1. The van der Waals surface area contributed by atoms with Gasteiger partial charge in [-0.3, -0.25) is 4.79 Å². The monoisotopic (exact) mass is 370 g/mol. The summed E-state index contributed by atoms with van der Waals surface area (Å²) < 4.78 is 5.78. The number of hydrogen-bond donors (Lipinski definition) is 0. The van der Waals surface area contributed by atoms with Gasteiger partial charge in [0.15, 0.2) is 0 Å². The van der Waals surface area contributed by atoms with Crippen LogP contribution in [0.1, 0.15) is 53.2 Å². The van der Waals surface area contributed by atoms with Crippen LogP contribution in [0.5, 0.6) is 5.75 Å². The van der Waals surface area contributed by atoms with Crippen molar-refractivity contribution in [2.45, 2.75) is 45.6 Å². The third-order valence-corrected chi connectivity index (χ3v) is 6.56. The van der Waals surface area contributed by atoms with Gasteiger partial charge >= 0.3 is 0 Å². The number of amides is 1. The fourth-order valence-electron chi connectivity index (χ4n) is 4.29. The van der Waals surface area contributed by atoms with Gasteiger partial charge in [0.05, 0.1) is 10.7 Å². The van der Waals surface area contributed by atoms with Crippen molar-refractivity contribution in [2.24, 2.45) is 11.8 Å². The van der Waals surface area contributed by atoms with Gasteiger partial charge in [-0.15, -0.1) is 11.3 Å². The first-order valence-electron chi connectivity index (χ1n) is 9.62. The summed E-state index contributed by atoms with van der Waals surface area (Å²) in [6.45, 7) is 4.30. The highest BCUT2D eigenvalue weighted by atomic mass is 32.1. The number of thiazole rings is 1. The fraction of sp³-hybridized carbons (Fsp3) is 0.524. The lowest BCUT2D eigenvalue weighted by atomic mass is 9.75. The van der Waals surface area contributed by atoms with E-state index in [-0.39, 0.29) is 5.91 Å². The predicted molar refractivity (Wildman–Crippen MR) is 104 cm³/mol. The normalized spacial score (nSPS) is 22.7.